The van der Waals surface area contributed by atoms with Crippen molar-refractivity contribution in [3.05, 3.63) is 69.4 Å². The van der Waals surface area contributed by atoms with Crippen LogP contribution in [0.15, 0.2) is 42.6 Å². The molecule has 2 N–H and O–H groups in total. The van der Waals surface area contributed by atoms with Crippen LogP contribution in [0.4, 0.5) is 5.69 Å². The SMILES string of the molecule is COc1cc(C(=O)O)ccc1C(C)c1c[nH]c2ccc([N+](=O)[O-])cc12. The molecule has 2 aromatic carbocycles. The quantitative estimate of drug-likeness (QED) is 0.540. The molecular formula is C18H16N2O5. The third-order valence-corrected chi connectivity index (χ3v) is 4.32. The number of carboxylic acids is 1. The third-order valence-electron chi connectivity index (χ3n) is 4.32. The molecule has 1 unspecified atom stereocenters. The van der Waals surface area contributed by atoms with Gasteiger partial charge >= 0.3 is 5.97 Å². The first-order valence-corrected chi connectivity index (χ1v) is 7.59. The number of methoxy groups -OCH3 is 1. The van der Waals surface area contributed by atoms with Gasteiger partial charge in [-0.1, -0.05) is 13.0 Å². The number of carboxylic acid groups (broad SMARTS) is 1. The van der Waals surface area contributed by atoms with Gasteiger partial charge in [0.05, 0.1) is 17.6 Å². The second-order valence-corrected chi connectivity index (χ2v) is 5.71. The smallest absolute Gasteiger partial charge is 0.335 e. The number of ether oxygens (including phenoxy) is 1. The number of nitrogens with zero attached hydrogens (tertiary/aromatic N) is 1. The van der Waals surface area contributed by atoms with E-state index in [2.05, 4.69) is 4.98 Å². The van der Waals surface area contributed by atoms with Gasteiger partial charge in [-0.05, 0) is 23.8 Å². The van der Waals surface area contributed by atoms with Gasteiger partial charge in [-0.15, -0.1) is 0 Å². The average molecular weight is 340 g/mol. The van der Waals surface area contributed by atoms with Crippen molar-refractivity contribution in [3.8, 4) is 5.75 Å². The van der Waals surface area contributed by atoms with E-state index in [1.165, 1.54) is 31.4 Å². The van der Waals surface area contributed by atoms with Crippen molar-refractivity contribution in [1.82, 2.24) is 4.98 Å². The molecule has 0 saturated carbocycles. The van der Waals surface area contributed by atoms with Crippen molar-refractivity contribution in [1.29, 1.82) is 0 Å². The maximum atomic E-state index is 11.1. The molecule has 0 aliphatic rings. The van der Waals surface area contributed by atoms with E-state index in [0.717, 1.165) is 22.0 Å². The predicted octanol–water partition coefficient (Wildman–Crippen LogP) is 3.93. The highest BCUT2D eigenvalue weighted by Crippen LogP contribution is 2.36. The molecule has 128 valence electrons. The van der Waals surface area contributed by atoms with Crippen molar-refractivity contribution in [2.75, 3.05) is 7.11 Å². The Morgan fingerprint density at radius 3 is 2.64 bits per heavy atom. The Kier molecular flexibility index (Phi) is 4.14. The number of fused-ring (bicyclic) bond motifs is 1. The Bertz CT molecular complexity index is 977. The maximum Gasteiger partial charge on any atom is 0.335 e. The number of H-pyrrole nitrogens is 1. The van der Waals surface area contributed by atoms with Crippen LogP contribution in [0.5, 0.6) is 5.75 Å². The molecule has 0 radical (unpaired) electrons. The molecule has 3 aromatic rings. The Morgan fingerprint density at radius 2 is 2.00 bits per heavy atom. The summed E-state index contributed by atoms with van der Waals surface area (Å²) in [4.78, 5) is 24.9. The Balaban J connectivity index is 2.10. The zero-order valence-electron chi connectivity index (χ0n) is 13.6. The number of non-ortho nitro benzene ring substituents is 1. The van der Waals surface area contributed by atoms with Crippen LogP contribution in [0.3, 0.4) is 0 Å². The molecule has 0 saturated heterocycles. The average Bonchev–Trinajstić information content (AvgIpc) is 3.03. The summed E-state index contributed by atoms with van der Waals surface area (Å²) in [5, 5.41) is 20.9. The second kappa shape index (κ2) is 6.27. The van der Waals surface area contributed by atoms with Crippen LogP contribution in [0, 0.1) is 10.1 Å². The monoisotopic (exact) mass is 340 g/mol. The number of nitro groups is 1. The number of hydrogen-bond acceptors (Lipinski definition) is 4. The molecule has 7 nitrogen and oxygen atoms in total. The summed E-state index contributed by atoms with van der Waals surface area (Å²) in [5.74, 6) is -0.707. The predicted molar refractivity (Wildman–Crippen MR) is 92.4 cm³/mol. The third kappa shape index (κ3) is 2.91. The van der Waals surface area contributed by atoms with Crippen molar-refractivity contribution >= 4 is 22.6 Å². The molecule has 0 spiro atoms. The fourth-order valence-electron chi connectivity index (χ4n) is 2.97. The van der Waals surface area contributed by atoms with E-state index in [1.807, 2.05) is 13.1 Å². The molecule has 0 fully saturated rings. The minimum absolute atomic E-state index is 0.0220. The van der Waals surface area contributed by atoms with Gasteiger partial charge in [0.25, 0.3) is 5.69 Å². The van der Waals surface area contributed by atoms with Crippen LogP contribution in [0.25, 0.3) is 10.9 Å². The fourth-order valence-corrected chi connectivity index (χ4v) is 2.97. The largest absolute Gasteiger partial charge is 0.496 e. The first-order valence-electron chi connectivity index (χ1n) is 7.59. The van der Waals surface area contributed by atoms with E-state index in [4.69, 9.17) is 9.84 Å². The number of nitrogens with one attached hydrogen (secondary N) is 1. The van der Waals surface area contributed by atoms with Crippen LogP contribution >= 0.6 is 0 Å². The van der Waals surface area contributed by atoms with Gasteiger partial charge < -0.3 is 14.8 Å². The lowest BCUT2D eigenvalue weighted by atomic mass is 9.91. The molecule has 0 bridgehead atoms. The van der Waals surface area contributed by atoms with Gasteiger partial charge in [0.2, 0.25) is 0 Å². The Labute approximate surface area is 143 Å². The summed E-state index contributed by atoms with van der Waals surface area (Å²) < 4.78 is 5.35. The van der Waals surface area contributed by atoms with Gasteiger partial charge in [-0.3, -0.25) is 10.1 Å². The molecule has 0 aliphatic heterocycles. The van der Waals surface area contributed by atoms with Gasteiger partial charge in [0, 0.05) is 40.7 Å². The number of benzene rings is 2. The number of rotatable bonds is 5. The Hall–Kier alpha value is -3.35. The first-order chi connectivity index (χ1) is 11.9. The van der Waals surface area contributed by atoms with Crippen molar-refractivity contribution in [2.24, 2.45) is 0 Å². The maximum absolute atomic E-state index is 11.1. The number of nitro benzene ring substituents is 1. The number of aromatic nitrogens is 1. The number of hydrogen-bond donors (Lipinski definition) is 2. The molecule has 3 rings (SSSR count). The molecule has 1 heterocycles. The topological polar surface area (TPSA) is 105 Å². The van der Waals surface area contributed by atoms with Gasteiger partial charge in [0.15, 0.2) is 0 Å². The summed E-state index contributed by atoms with van der Waals surface area (Å²) in [6, 6.07) is 9.38. The zero-order chi connectivity index (χ0) is 18.1. The standard InChI is InChI=1S/C18H16N2O5/c1-10(13-5-3-11(18(21)22)7-17(13)25-2)15-9-19-16-6-4-12(20(23)24)8-14(15)16/h3-10,19H,1-2H3,(H,21,22). The molecule has 0 aliphatic carbocycles. The molecule has 0 amide bonds. The minimum atomic E-state index is -1.03. The summed E-state index contributed by atoms with van der Waals surface area (Å²) in [5.41, 5.74) is 2.64. The van der Waals surface area contributed by atoms with Gasteiger partial charge in [-0.25, -0.2) is 4.79 Å². The number of carbonyl (C=O) groups is 1. The highest BCUT2D eigenvalue weighted by molar-refractivity contribution is 5.89. The van der Waals surface area contributed by atoms with Crippen LogP contribution in [0.1, 0.15) is 34.3 Å². The molecular weight excluding hydrogens is 324 g/mol. The van der Waals surface area contributed by atoms with Crippen molar-refractivity contribution < 1.29 is 19.6 Å². The number of aromatic amines is 1. The van der Waals surface area contributed by atoms with E-state index in [-0.39, 0.29) is 17.2 Å². The van der Waals surface area contributed by atoms with E-state index in [1.54, 1.807) is 12.1 Å². The zero-order valence-corrected chi connectivity index (χ0v) is 13.6. The molecule has 1 aromatic heterocycles. The van der Waals surface area contributed by atoms with Gasteiger partial charge in [0.1, 0.15) is 5.75 Å². The summed E-state index contributed by atoms with van der Waals surface area (Å²) in [6.07, 6.45) is 1.81. The van der Waals surface area contributed by atoms with E-state index in [9.17, 15) is 14.9 Å². The molecule has 25 heavy (non-hydrogen) atoms. The normalized spacial score (nSPS) is 12.1. The lowest BCUT2D eigenvalue weighted by Crippen LogP contribution is -2.03. The summed E-state index contributed by atoms with van der Waals surface area (Å²) in [7, 11) is 1.48. The molecule has 1 atom stereocenters. The lowest BCUT2D eigenvalue weighted by molar-refractivity contribution is -0.384. The van der Waals surface area contributed by atoms with Crippen LogP contribution in [0.2, 0.25) is 0 Å². The number of aromatic carboxylic acids is 1. The molecule has 7 heteroatoms. The Morgan fingerprint density at radius 1 is 1.24 bits per heavy atom. The minimum Gasteiger partial charge on any atom is -0.496 e. The van der Waals surface area contributed by atoms with E-state index >= 15 is 0 Å². The summed E-state index contributed by atoms with van der Waals surface area (Å²) in [6.45, 7) is 1.94. The van der Waals surface area contributed by atoms with Crippen LogP contribution in [-0.4, -0.2) is 28.1 Å². The lowest BCUT2D eigenvalue weighted by Gasteiger charge is -2.16. The van der Waals surface area contributed by atoms with Crippen molar-refractivity contribution in [2.45, 2.75) is 12.8 Å². The highest BCUT2D eigenvalue weighted by atomic mass is 16.6. The second-order valence-electron chi connectivity index (χ2n) is 5.71. The van der Waals surface area contributed by atoms with E-state index in [0.29, 0.717) is 5.75 Å². The highest BCUT2D eigenvalue weighted by Gasteiger charge is 2.20. The van der Waals surface area contributed by atoms with Crippen LogP contribution < -0.4 is 4.74 Å². The van der Waals surface area contributed by atoms with E-state index < -0.39 is 10.9 Å². The van der Waals surface area contributed by atoms with Crippen LogP contribution in [-0.2, 0) is 0 Å². The fraction of sp³-hybridized carbons (Fsp3) is 0.167. The van der Waals surface area contributed by atoms with Crippen molar-refractivity contribution in [3.63, 3.8) is 0 Å². The first kappa shape index (κ1) is 16.5. The summed E-state index contributed by atoms with van der Waals surface area (Å²) >= 11 is 0. The van der Waals surface area contributed by atoms with Gasteiger partial charge in [-0.2, -0.15) is 0 Å².